The lowest BCUT2D eigenvalue weighted by Crippen LogP contribution is -2.26. The van der Waals surface area contributed by atoms with Gasteiger partial charge in [0.25, 0.3) is 0 Å². The molecule has 0 bridgehead atoms. The van der Waals surface area contributed by atoms with Gasteiger partial charge in [-0.3, -0.25) is 4.79 Å². The topological polar surface area (TPSA) is 20.3 Å². The summed E-state index contributed by atoms with van der Waals surface area (Å²) in [5, 5.41) is 0. The molecular weight excluding hydrogens is 198 g/mol. The van der Waals surface area contributed by atoms with Crippen LogP contribution < -0.4 is 4.90 Å². The van der Waals surface area contributed by atoms with Crippen LogP contribution in [0.5, 0.6) is 0 Å². The van der Waals surface area contributed by atoms with Gasteiger partial charge in [-0.05, 0) is 24.0 Å². The molecule has 2 heteroatoms. The summed E-state index contributed by atoms with van der Waals surface area (Å²) in [6.07, 6.45) is 1.56. The van der Waals surface area contributed by atoms with E-state index in [2.05, 4.69) is 19.9 Å². The molecule has 16 heavy (non-hydrogen) atoms. The van der Waals surface area contributed by atoms with Gasteiger partial charge in [-0.2, -0.15) is 0 Å². The number of carbonyl (C=O) groups is 1. The van der Waals surface area contributed by atoms with Crippen molar-refractivity contribution >= 4 is 11.6 Å². The van der Waals surface area contributed by atoms with E-state index in [9.17, 15) is 4.79 Å². The Hall–Kier alpha value is -1.31. The van der Waals surface area contributed by atoms with Crippen molar-refractivity contribution in [3.63, 3.8) is 0 Å². The van der Waals surface area contributed by atoms with Crippen molar-refractivity contribution in [3.05, 3.63) is 29.8 Å². The average Bonchev–Trinajstić information content (AvgIpc) is 2.27. The molecule has 88 valence electrons. The van der Waals surface area contributed by atoms with E-state index in [1.807, 2.05) is 32.2 Å². The minimum atomic E-state index is 0.163. The summed E-state index contributed by atoms with van der Waals surface area (Å²) in [6.45, 7) is 6.28. The van der Waals surface area contributed by atoms with Gasteiger partial charge in [-0.1, -0.05) is 39.0 Å². The first-order valence-electron chi connectivity index (χ1n) is 5.90. The van der Waals surface area contributed by atoms with E-state index < -0.39 is 0 Å². The van der Waals surface area contributed by atoms with Gasteiger partial charge < -0.3 is 4.90 Å². The molecule has 1 rings (SSSR count). The van der Waals surface area contributed by atoms with Crippen LogP contribution in [0.3, 0.4) is 0 Å². The van der Waals surface area contributed by atoms with Gasteiger partial charge in [0.2, 0.25) is 5.91 Å². The van der Waals surface area contributed by atoms with Gasteiger partial charge in [0, 0.05) is 19.2 Å². The van der Waals surface area contributed by atoms with Crippen LogP contribution in [0.15, 0.2) is 24.3 Å². The summed E-state index contributed by atoms with van der Waals surface area (Å²) in [4.78, 5) is 13.4. The SMILES string of the molecule is CCC(=O)N(C)c1ccccc1CC(C)C. The number of rotatable bonds is 4. The number of nitrogens with zero attached hydrogens (tertiary/aromatic N) is 1. The number of benzene rings is 1. The number of carbonyl (C=O) groups excluding carboxylic acids is 1. The third kappa shape index (κ3) is 3.09. The second kappa shape index (κ2) is 5.69. The van der Waals surface area contributed by atoms with Gasteiger partial charge in [-0.15, -0.1) is 0 Å². The lowest BCUT2D eigenvalue weighted by atomic mass is 10.0. The Balaban J connectivity index is 2.98. The predicted molar refractivity (Wildman–Crippen MR) is 68.7 cm³/mol. The molecule has 0 aromatic heterocycles. The standard InChI is InChI=1S/C14H21NO/c1-5-14(16)15(4)13-9-7-6-8-12(13)10-11(2)3/h6-9,11H,5,10H2,1-4H3. The first-order valence-corrected chi connectivity index (χ1v) is 5.90. The molecule has 0 spiro atoms. The monoisotopic (exact) mass is 219 g/mol. The van der Waals surface area contributed by atoms with Crippen molar-refractivity contribution in [2.75, 3.05) is 11.9 Å². The third-order valence-electron chi connectivity index (χ3n) is 2.66. The Morgan fingerprint density at radius 3 is 2.50 bits per heavy atom. The van der Waals surface area contributed by atoms with Crippen molar-refractivity contribution < 1.29 is 4.79 Å². The molecule has 1 amide bonds. The molecule has 0 N–H and O–H groups in total. The maximum Gasteiger partial charge on any atom is 0.226 e. The minimum absolute atomic E-state index is 0.163. The highest BCUT2D eigenvalue weighted by Crippen LogP contribution is 2.22. The van der Waals surface area contributed by atoms with E-state index in [4.69, 9.17) is 0 Å². The molecule has 0 unspecified atom stereocenters. The molecular formula is C14H21NO. The molecule has 0 aliphatic heterocycles. The fourth-order valence-corrected chi connectivity index (χ4v) is 1.82. The van der Waals surface area contributed by atoms with E-state index in [-0.39, 0.29) is 5.91 Å². The lowest BCUT2D eigenvalue weighted by molar-refractivity contribution is -0.118. The van der Waals surface area contributed by atoms with Gasteiger partial charge >= 0.3 is 0 Å². The first kappa shape index (κ1) is 12.8. The summed E-state index contributed by atoms with van der Waals surface area (Å²) in [5.41, 5.74) is 2.30. The minimum Gasteiger partial charge on any atom is -0.315 e. The fraction of sp³-hybridized carbons (Fsp3) is 0.500. The van der Waals surface area contributed by atoms with Gasteiger partial charge in [0.15, 0.2) is 0 Å². The van der Waals surface area contributed by atoms with Crippen LogP contribution in [0, 0.1) is 5.92 Å². The van der Waals surface area contributed by atoms with Crippen LogP contribution in [0.4, 0.5) is 5.69 Å². The van der Waals surface area contributed by atoms with Crippen LogP contribution in [-0.2, 0) is 11.2 Å². The summed E-state index contributed by atoms with van der Waals surface area (Å²) in [6, 6.07) is 8.14. The predicted octanol–water partition coefficient (Wildman–Crippen LogP) is 3.26. The van der Waals surface area contributed by atoms with Crippen LogP contribution >= 0.6 is 0 Å². The highest BCUT2D eigenvalue weighted by molar-refractivity contribution is 5.93. The Bertz CT molecular complexity index is 358. The summed E-state index contributed by atoms with van der Waals surface area (Å²) < 4.78 is 0. The highest BCUT2D eigenvalue weighted by Gasteiger charge is 2.12. The maximum atomic E-state index is 11.7. The zero-order valence-corrected chi connectivity index (χ0v) is 10.7. The van der Waals surface area contributed by atoms with Crippen molar-refractivity contribution in [3.8, 4) is 0 Å². The van der Waals surface area contributed by atoms with E-state index in [0.717, 1.165) is 12.1 Å². The molecule has 0 aliphatic rings. The van der Waals surface area contributed by atoms with Crippen LogP contribution in [0.1, 0.15) is 32.8 Å². The first-order chi connectivity index (χ1) is 7.56. The van der Waals surface area contributed by atoms with Crippen molar-refractivity contribution in [2.24, 2.45) is 5.92 Å². The maximum absolute atomic E-state index is 11.7. The molecule has 0 aliphatic carbocycles. The Morgan fingerprint density at radius 1 is 1.31 bits per heavy atom. The molecule has 1 aromatic rings. The Morgan fingerprint density at radius 2 is 1.94 bits per heavy atom. The average molecular weight is 219 g/mol. The molecule has 0 saturated carbocycles. The van der Waals surface area contributed by atoms with E-state index in [0.29, 0.717) is 12.3 Å². The van der Waals surface area contributed by atoms with E-state index in [1.165, 1.54) is 5.56 Å². The van der Waals surface area contributed by atoms with Crippen LogP contribution in [0.2, 0.25) is 0 Å². The largest absolute Gasteiger partial charge is 0.315 e. The van der Waals surface area contributed by atoms with Gasteiger partial charge in [-0.25, -0.2) is 0 Å². The normalized spacial score (nSPS) is 10.6. The summed E-state index contributed by atoms with van der Waals surface area (Å²) >= 11 is 0. The van der Waals surface area contributed by atoms with Gasteiger partial charge in [0.1, 0.15) is 0 Å². The van der Waals surface area contributed by atoms with Gasteiger partial charge in [0.05, 0.1) is 0 Å². The third-order valence-corrected chi connectivity index (χ3v) is 2.66. The zero-order valence-electron chi connectivity index (χ0n) is 10.7. The summed E-state index contributed by atoms with van der Waals surface area (Å²) in [7, 11) is 1.85. The second-order valence-corrected chi connectivity index (χ2v) is 4.53. The van der Waals surface area contributed by atoms with Crippen molar-refractivity contribution in [1.29, 1.82) is 0 Å². The Labute approximate surface area is 98.3 Å². The van der Waals surface area contributed by atoms with Crippen molar-refractivity contribution in [1.82, 2.24) is 0 Å². The second-order valence-electron chi connectivity index (χ2n) is 4.53. The van der Waals surface area contributed by atoms with E-state index in [1.54, 1.807) is 4.90 Å². The lowest BCUT2D eigenvalue weighted by Gasteiger charge is -2.21. The molecule has 0 radical (unpaired) electrons. The number of para-hydroxylation sites is 1. The number of anilines is 1. The van der Waals surface area contributed by atoms with E-state index >= 15 is 0 Å². The number of hydrogen-bond acceptors (Lipinski definition) is 1. The number of amides is 1. The zero-order chi connectivity index (χ0) is 12.1. The molecule has 1 aromatic carbocycles. The quantitative estimate of drug-likeness (QED) is 0.761. The number of hydrogen-bond donors (Lipinski definition) is 0. The van der Waals surface area contributed by atoms with Crippen LogP contribution in [-0.4, -0.2) is 13.0 Å². The summed E-state index contributed by atoms with van der Waals surface area (Å²) in [5.74, 6) is 0.766. The molecule has 2 nitrogen and oxygen atoms in total. The van der Waals surface area contributed by atoms with Crippen LogP contribution in [0.25, 0.3) is 0 Å². The molecule has 0 atom stereocenters. The Kier molecular flexibility index (Phi) is 4.53. The molecule has 0 fully saturated rings. The fourth-order valence-electron chi connectivity index (χ4n) is 1.82. The van der Waals surface area contributed by atoms with Crippen molar-refractivity contribution in [2.45, 2.75) is 33.6 Å². The highest BCUT2D eigenvalue weighted by atomic mass is 16.2. The molecule has 0 saturated heterocycles. The molecule has 0 heterocycles. The smallest absolute Gasteiger partial charge is 0.226 e.